The molecular weight excluding hydrogens is 1280 g/mol. The average molecular weight is 1330 g/mol. The largest absolute Gasteiger partial charge is 0.508 e. The van der Waals surface area contributed by atoms with Gasteiger partial charge in [0.05, 0.1) is 30.7 Å². The van der Waals surface area contributed by atoms with Crippen molar-refractivity contribution >= 4 is 116 Å². The molecule has 11 N–H and O–H groups in total. The second-order valence-corrected chi connectivity index (χ2v) is 26.3. The van der Waals surface area contributed by atoms with Crippen LogP contribution in [-0.2, 0) is 25.5 Å². The lowest BCUT2D eigenvalue weighted by molar-refractivity contribution is -0.137. The van der Waals surface area contributed by atoms with Gasteiger partial charge in [0.15, 0.2) is 0 Å². The number of thiazole rings is 6. The van der Waals surface area contributed by atoms with E-state index in [-0.39, 0.29) is 70.9 Å². The summed E-state index contributed by atoms with van der Waals surface area (Å²) in [6, 6.07) is 13.2. The Morgan fingerprint density at radius 1 is 0.700 bits per heavy atom. The SMILES string of the molecule is Cc1sc2nc1C(=O)N[C@@H]([C@H](O)c1ccccc1)c1nc(cs1)C(=O)NC(Cc1ccc(O)cc1)C(=O)N1C[C@H](OC(=O)NCCCC(=O)O)[C@H](C)[C@H]1c1nc(cs1)-c1nc(cs1)-c1nc(-c3nc(C(N)=O)cs3)ccc1-c1nc(cs1)C(=O)N[C@H]2CC(N)=O. The molecule has 1 unspecified atom stereocenters. The first-order valence-corrected chi connectivity index (χ1v) is 32.7. The van der Waals surface area contributed by atoms with Gasteiger partial charge in [-0.1, -0.05) is 49.4 Å². The number of carboxylic acids is 1. The zero-order valence-corrected chi connectivity index (χ0v) is 52.1. The number of alkyl carbamates (subject to hydrolysis) is 1. The third-order valence-corrected chi connectivity index (χ3v) is 20.1. The number of carboxylic acid groups (broad SMARTS) is 1. The van der Waals surface area contributed by atoms with Gasteiger partial charge in [-0.05, 0) is 48.7 Å². The predicted molar refractivity (Wildman–Crippen MR) is 334 cm³/mol. The molecule has 7 amide bonds. The minimum atomic E-state index is -1.45. The number of hydrogen-bond acceptors (Lipinski definition) is 24. The fourth-order valence-corrected chi connectivity index (χ4v) is 15.4. The number of carbonyl (C=O) groups is 8. The Balaban J connectivity index is 1.02. The number of aliphatic carboxylic acids is 1. The lowest BCUT2D eigenvalue weighted by atomic mass is 10.00. The number of nitrogens with one attached hydrogen (secondary N) is 4. The number of rotatable bonds is 13. The number of aryl methyl sites for hydroxylation is 1. The van der Waals surface area contributed by atoms with E-state index in [0.29, 0.717) is 64.4 Å². The van der Waals surface area contributed by atoms with Crippen LogP contribution in [0, 0.1) is 12.8 Å². The molecule has 2 aliphatic rings. The topological polar surface area (TPSA) is 400 Å². The molecule has 10 bridgehead atoms. The highest BCUT2D eigenvalue weighted by molar-refractivity contribution is 7.15. The van der Waals surface area contributed by atoms with Crippen molar-refractivity contribution in [3.63, 3.8) is 0 Å². The molecule has 1 saturated heterocycles. The van der Waals surface area contributed by atoms with Gasteiger partial charge >= 0.3 is 12.1 Å². The first-order chi connectivity index (χ1) is 43.2. The number of aromatic hydroxyl groups is 1. The number of aromatic nitrogens is 7. The minimum Gasteiger partial charge on any atom is -0.508 e. The van der Waals surface area contributed by atoms with Crippen molar-refractivity contribution < 1.29 is 58.4 Å². The van der Waals surface area contributed by atoms with Crippen molar-refractivity contribution in [2.45, 2.75) is 75.9 Å². The molecule has 7 atom stereocenters. The van der Waals surface area contributed by atoms with Crippen molar-refractivity contribution in [2.75, 3.05) is 13.1 Å². The summed E-state index contributed by atoms with van der Waals surface area (Å²) in [5.41, 5.74) is 13.8. The Morgan fingerprint density at radius 3 is 2.09 bits per heavy atom. The number of phenolic OH excluding ortho intramolecular Hbond substituents is 1. The number of hydrogen-bond donors (Lipinski definition) is 9. The number of phenols is 1. The summed E-state index contributed by atoms with van der Waals surface area (Å²) in [6.45, 7) is 3.22. The summed E-state index contributed by atoms with van der Waals surface area (Å²) < 4.78 is 5.97. The number of carbonyl (C=O) groups excluding carboxylic acids is 7. The summed E-state index contributed by atoms with van der Waals surface area (Å²) in [6.07, 6.45) is -3.85. The molecule has 9 heterocycles. The first-order valence-electron chi connectivity index (χ1n) is 27.5. The average Bonchev–Trinajstić information content (AvgIpc) is 1.73. The standard InChI is InChI=1S/C58H52N14O12S6/c1-25-39(84-58(83)61-16-6-9-41(75)76)19-72-45(25)56-69-38(24-89-56)53-65-34(20-86-53)43-30(14-15-31(62-43)52-66-35(21-87-52)47(60)78)51-67-36(22-85-51)48(79)63-32(18-40(59)74)54-71-42(26(2)90-54)50(81)70-44(46(77)28-7-4-3-5-8-28)55-68-37(23-88-55)49(80)64-33(57(72)82)17-27-10-12-29(73)13-11-27/h3-5,7-8,10-15,20-25,32-33,39,44-46,73,77H,6,9,16-19H2,1-2H3,(H2,59,74)(H2,60,78)(H,61,83)(H,63,79)(H,64,80)(H,70,81)(H,75,76)/t25-,32-,33?,39-,44-,45-,46+/m0/s1. The van der Waals surface area contributed by atoms with Crippen LogP contribution in [0.15, 0.2) is 93.6 Å². The molecule has 26 nitrogen and oxygen atoms in total. The van der Waals surface area contributed by atoms with E-state index in [2.05, 4.69) is 36.2 Å². The van der Waals surface area contributed by atoms with Crippen LogP contribution in [0.25, 0.3) is 43.4 Å². The number of nitrogens with zero attached hydrogens (tertiary/aromatic N) is 8. The van der Waals surface area contributed by atoms with Crippen LogP contribution in [0.2, 0.25) is 0 Å². The number of nitrogens with two attached hydrogens (primary N) is 2. The van der Waals surface area contributed by atoms with Gasteiger partial charge in [-0.25, -0.2) is 39.7 Å². The predicted octanol–water partition coefficient (Wildman–Crippen LogP) is 6.99. The molecule has 0 saturated carbocycles. The van der Waals surface area contributed by atoms with Crippen molar-refractivity contribution in [3.05, 3.63) is 147 Å². The maximum absolute atomic E-state index is 15.6. The number of benzene rings is 2. The van der Waals surface area contributed by atoms with Gasteiger partial charge in [0.2, 0.25) is 11.8 Å². The molecule has 462 valence electrons. The summed E-state index contributed by atoms with van der Waals surface area (Å²) >= 11 is 6.67. The van der Waals surface area contributed by atoms with Crippen LogP contribution in [0.5, 0.6) is 5.75 Å². The van der Waals surface area contributed by atoms with Gasteiger partial charge in [-0.15, -0.1) is 68.0 Å². The van der Waals surface area contributed by atoms with Gasteiger partial charge in [0.1, 0.15) is 99.9 Å². The van der Waals surface area contributed by atoms with Crippen LogP contribution in [-0.4, -0.2) is 128 Å². The van der Waals surface area contributed by atoms with Crippen molar-refractivity contribution in [2.24, 2.45) is 17.4 Å². The highest BCUT2D eigenvalue weighted by Crippen LogP contribution is 2.44. The molecule has 90 heavy (non-hydrogen) atoms. The third-order valence-electron chi connectivity index (χ3n) is 14.5. The van der Waals surface area contributed by atoms with Crippen LogP contribution in [0.3, 0.4) is 0 Å². The fourth-order valence-electron chi connectivity index (χ4n) is 10.0. The Kier molecular flexibility index (Phi) is 18.6. The Hall–Kier alpha value is -9.31. The van der Waals surface area contributed by atoms with Crippen LogP contribution < -0.4 is 32.7 Å². The molecule has 0 spiro atoms. The quantitative estimate of drug-likeness (QED) is 0.0525. The fraction of sp³-hybridized carbons (Fsp3) is 0.259. The summed E-state index contributed by atoms with van der Waals surface area (Å²) in [4.78, 5) is 144. The number of aliphatic hydroxyl groups excluding tert-OH is 1. The van der Waals surface area contributed by atoms with Crippen molar-refractivity contribution in [1.29, 1.82) is 0 Å². The zero-order chi connectivity index (χ0) is 63.5. The molecule has 0 aliphatic carbocycles. The smallest absolute Gasteiger partial charge is 0.407 e. The normalized spacial score (nSPS) is 19.0. The van der Waals surface area contributed by atoms with Crippen LogP contribution in [0.4, 0.5) is 4.79 Å². The van der Waals surface area contributed by atoms with Gasteiger partial charge in [-0.3, -0.25) is 33.6 Å². The molecular formula is C58H52N14O12S6. The second-order valence-electron chi connectivity index (χ2n) is 20.7. The summed E-state index contributed by atoms with van der Waals surface area (Å²) in [5.74, 6) is -6.15. The maximum Gasteiger partial charge on any atom is 0.407 e. The van der Waals surface area contributed by atoms with Crippen LogP contribution in [0.1, 0.15) is 123 Å². The lowest BCUT2D eigenvalue weighted by Gasteiger charge is -2.29. The van der Waals surface area contributed by atoms with Gasteiger partial charge < -0.3 is 57.7 Å². The van der Waals surface area contributed by atoms with E-state index >= 15 is 4.79 Å². The number of ether oxygens (including phenoxy) is 1. The summed E-state index contributed by atoms with van der Waals surface area (Å²) in [5, 5.41) is 52.3. The van der Waals surface area contributed by atoms with Gasteiger partial charge in [0.25, 0.3) is 23.6 Å². The second kappa shape index (κ2) is 26.8. The number of primary amides is 2. The molecule has 2 aromatic carbocycles. The maximum atomic E-state index is 15.6. The number of aliphatic hydroxyl groups is 1. The highest BCUT2D eigenvalue weighted by atomic mass is 32.1. The molecule has 11 rings (SSSR count). The number of fused-ring (bicyclic) bond motifs is 16. The molecule has 7 aromatic heterocycles. The number of pyridine rings is 1. The van der Waals surface area contributed by atoms with E-state index in [1.54, 1.807) is 79.2 Å². The van der Waals surface area contributed by atoms with Gasteiger partial charge in [0, 0.05) is 62.6 Å². The van der Waals surface area contributed by atoms with Crippen LogP contribution >= 0.6 is 68.0 Å². The zero-order valence-electron chi connectivity index (χ0n) is 47.2. The highest BCUT2D eigenvalue weighted by Gasteiger charge is 2.48. The van der Waals surface area contributed by atoms with E-state index in [9.17, 15) is 48.9 Å². The Labute approximate surface area is 534 Å². The Bertz CT molecular complexity index is 4220. The van der Waals surface area contributed by atoms with Crippen molar-refractivity contribution in [1.82, 2.24) is 61.1 Å². The Morgan fingerprint density at radius 2 is 1.36 bits per heavy atom. The van der Waals surface area contributed by atoms with Crippen molar-refractivity contribution in [3.8, 4) is 49.1 Å². The van der Waals surface area contributed by atoms with E-state index in [1.807, 2.05) is 0 Å². The molecule has 0 radical (unpaired) electrons. The van der Waals surface area contributed by atoms with E-state index in [1.165, 1.54) is 55.8 Å². The molecule has 2 aliphatic heterocycles. The molecule has 32 heteroatoms. The summed E-state index contributed by atoms with van der Waals surface area (Å²) in [7, 11) is 0. The number of amides is 7. The van der Waals surface area contributed by atoms with E-state index in [0.717, 1.165) is 45.3 Å². The molecule has 1 fully saturated rings. The van der Waals surface area contributed by atoms with E-state index in [4.69, 9.17) is 36.1 Å². The first kappa shape index (κ1) is 62.3. The lowest BCUT2D eigenvalue weighted by Crippen LogP contribution is -2.50. The monoisotopic (exact) mass is 1330 g/mol. The molecule has 9 aromatic rings. The third kappa shape index (κ3) is 13.8. The van der Waals surface area contributed by atoms with E-state index < -0.39 is 96.2 Å². The van der Waals surface area contributed by atoms with Gasteiger partial charge in [-0.2, -0.15) is 0 Å². The minimum absolute atomic E-state index is 0.00178.